The molecule has 32 heavy (non-hydrogen) atoms. The second-order valence-electron chi connectivity index (χ2n) is 6.96. The van der Waals surface area contributed by atoms with Crippen LogP contribution in [-0.4, -0.2) is 68.2 Å². The molecule has 0 amide bonds. The molecule has 0 heterocycles. The van der Waals surface area contributed by atoms with E-state index in [1.165, 1.54) is 27.7 Å². The Hall–Kier alpha value is -0.570. The van der Waals surface area contributed by atoms with E-state index in [4.69, 9.17) is 0 Å². The van der Waals surface area contributed by atoms with Gasteiger partial charge in [0.15, 0.2) is 0 Å². The molecule has 0 fully saturated rings. The summed E-state index contributed by atoms with van der Waals surface area (Å²) in [6.45, 7) is 0.359. The van der Waals surface area contributed by atoms with Gasteiger partial charge in [0.2, 0.25) is 0 Å². The molecule has 0 saturated carbocycles. The Morgan fingerprint density at radius 1 is 0.562 bits per heavy atom. The third-order valence-electron chi connectivity index (χ3n) is 5.73. The van der Waals surface area contributed by atoms with Gasteiger partial charge in [0, 0.05) is 0 Å². The predicted octanol–water partition coefficient (Wildman–Crippen LogP) is 6.58. The van der Waals surface area contributed by atoms with Crippen LogP contribution in [0.1, 0.15) is 27.7 Å². The fraction of sp³-hybridized carbons (Fsp3) is 1.00. The molecule has 0 aliphatic carbocycles. The number of hydrogen-bond donors (Lipinski definition) is 0. The summed E-state index contributed by atoms with van der Waals surface area (Å²) in [6, 6.07) is 0. The van der Waals surface area contributed by atoms with E-state index in [-0.39, 0.29) is 24.6 Å². The van der Waals surface area contributed by atoms with Crippen LogP contribution in [0, 0.1) is 0 Å². The van der Waals surface area contributed by atoms with Crippen LogP contribution >= 0.6 is 6.83 Å². The quantitative estimate of drug-likeness (QED) is 0.217. The third-order valence-corrected chi connectivity index (χ3v) is 15.5. The predicted molar refractivity (Wildman–Crippen MR) is 89.9 cm³/mol. The molecule has 0 unspecified atom stereocenters. The molecule has 0 aliphatic heterocycles. The van der Waals surface area contributed by atoms with Gasteiger partial charge in [0.05, 0.1) is 0 Å². The van der Waals surface area contributed by atoms with Crippen molar-refractivity contribution in [2.75, 3.05) is 24.6 Å². The zero-order chi connectivity index (χ0) is 26.5. The molecule has 0 aromatic rings. The fourth-order valence-electron chi connectivity index (χ4n) is 2.79. The van der Waals surface area contributed by atoms with Crippen LogP contribution < -0.4 is 0 Å². The minimum atomic E-state index is -8.20. The van der Waals surface area contributed by atoms with Gasteiger partial charge < -0.3 is 0 Å². The van der Waals surface area contributed by atoms with E-state index < -0.39 is 52.1 Å². The molecule has 0 rings (SSSR count). The Kier molecular flexibility index (Phi) is 8.13. The first-order valence-electron chi connectivity index (χ1n) is 8.69. The first-order valence-corrected chi connectivity index (χ1v) is 13.0. The minimum absolute atomic E-state index is 0.380. The Balaban J connectivity index is 6.87. The zero-order valence-corrected chi connectivity index (χ0v) is 18.5. The topological polar surface area (TPSA) is 43.4 Å². The molecule has 0 aliphatic rings. The normalized spacial score (nSPS) is 17.2. The molecule has 0 radical (unpaired) electrons. The summed E-state index contributed by atoms with van der Waals surface area (Å²) in [5.41, 5.74) is 0. The number of rotatable bonds is 11. The van der Waals surface area contributed by atoms with Crippen LogP contribution in [0.5, 0.6) is 0 Å². The molecule has 0 atom stereocenters. The van der Waals surface area contributed by atoms with Gasteiger partial charge in [-0.2, -0.15) is 0 Å². The Morgan fingerprint density at radius 2 is 0.844 bits per heavy atom. The van der Waals surface area contributed by atoms with Gasteiger partial charge in [-0.3, -0.25) is 0 Å². The maximum absolute atomic E-state index is 14.2. The summed E-state index contributed by atoms with van der Waals surface area (Å²) in [4.78, 5) is 0. The van der Waals surface area contributed by atoms with E-state index >= 15 is 0 Å². The Morgan fingerprint density at radius 3 is 1.09 bits per heavy atom. The SMILES string of the molecule is CCP(CC)(CC)(CC)OS(=O)(=O)C(F)(F)C(F)(F)C(F)(F)C(F)(F)C(F)(F)C(F)(F)F. The molecule has 0 spiro atoms. The molecule has 0 aromatic heterocycles. The second-order valence-corrected chi connectivity index (χ2v) is 15.2. The molecule has 0 bridgehead atoms. The fourth-order valence-corrected chi connectivity index (χ4v) is 10.2. The van der Waals surface area contributed by atoms with Crippen LogP contribution in [0.3, 0.4) is 0 Å². The maximum atomic E-state index is 14.2. The Labute approximate surface area is 174 Å². The van der Waals surface area contributed by atoms with E-state index in [1.54, 1.807) is 0 Å². The van der Waals surface area contributed by atoms with Crippen molar-refractivity contribution in [2.24, 2.45) is 0 Å². The number of hydrogen-bond acceptors (Lipinski definition) is 3. The summed E-state index contributed by atoms with van der Waals surface area (Å²) >= 11 is 0. The van der Waals surface area contributed by atoms with Gasteiger partial charge in [-0.1, -0.05) is 0 Å². The molecular formula is C14H20F13O3PS. The summed E-state index contributed by atoms with van der Waals surface area (Å²) in [6.07, 6.45) is -9.10. The monoisotopic (exact) mass is 546 g/mol. The summed E-state index contributed by atoms with van der Waals surface area (Å²) in [7, 11) is -7.27. The van der Waals surface area contributed by atoms with Crippen molar-refractivity contribution in [3.63, 3.8) is 0 Å². The van der Waals surface area contributed by atoms with Gasteiger partial charge in [-0.15, -0.1) is 0 Å². The molecule has 18 heteroatoms. The van der Waals surface area contributed by atoms with E-state index in [9.17, 15) is 65.5 Å². The van der Waals surface area contributed by atoms with Gasteiger partial charge in [0.25, 0.3) is 0 Å². The average molecular weight is 546 g/mol. The first-order chi connectivity index (χ1) is 13.8. The van der Waals surface area contributed by atoms with Crippen molar-refractivity contribution in [3.8, 4) is 0 Å². The van der Waals surface area contributed by atoms with Crippen LogP contribution in [0.15, 0.2) is 0 Å². The zero-order valence-electron chi connectivity index (χ0n) is 16.8. The van der Waals surface area contributed by atoms with Crippen molar-refractivity contribution in [1.82, 2.24) is 0 Å². The average Bonchev–Trinajstić information content (AvgIpc) is 2.65. The summed E-state index contributed by atoms with van der Waals surface area (Å²) < 4.78 is 200. The van der Waals surface area contributed by atoms with Crippen LogP contribution in [0.2, 0.25) is 0 Å². The van der Waals surface area contributed by atoms with Crippen molar-refractivity contribution < 1.29 is 69.5 Å². The van der Waals surface area contributed by atoms with Crippen molar-refractivity contribution in [3.05, 3.63) is 0 Å². The molecule has 3 nitrogen and oxygen atoms in total. The molecule has 196 valence electrons. The van der Waals surface area contributed by atoms with Gasteiger partial charge in [-0.25, -0.2) is 0 Å². The molecule has 0 N–H and O–H groups in total. The van der Waals surface area contributed by atoms with Crippen LogP contribution in [0.25, 0.3) is 0 Å². The van der Waals surface area contributed by atoms with Gasteiger partial charge in [0.1, 0.15) is 0 Å². The van der Waals surface area contributed by atoms with E-state index in [1.807, 2.05) is 0 Å². The first kappa shape index (κ1) is 31.4. The van der Waals surface area contributed by atoms with Crippen molar-refractivity contribution in [2.45, 2.75) is 62.8 Å². The van der Waals surface area contributed by atoms with Gasteiger partial charge in [-0.05, 0) is 0 Å². The van der Waals surface area contributed by atoms with E-state index in [0.29, 0.717) is 0 Å². The van der Waals surface area contributed by atoms with Crippen LogP contribution in [0.4, 0.5) is 57.1 Å². The van der Waals surface area contributed by atoms with Crippen LogP contribution in [-0.2, 0) is 14.1 Å². The molecule has 0 aromatic carbocycles. The van der Waals surface area contributed by atoms with Gasteiger partial charge >= 0.3 is 174 Å². The summed E-state index contributed by atoms with van der Waals surface area (Å²) in [5, 5.41) is -7.33. The standard InChI is InChI=1S/C14H20F13O3PS/c1-5-31(6-2,7-3,8-4)30-32(28,29)14(26,27)12(21,22)10(17,18)9(15,16)11(19,20)13(23,24)25/h5-8H2,1-4H3. The van der Waals surface area contributed by atoms with Crippen molar-refractivity contribution >= 4 is 16.9 Å². The molecule has 0 saturated heterocycles. The second kappa shape index (κ2) is 8.28. The number of halogens is 13. The van der Waals surface area contributed by atoms with Crippen molar-refractivity contribution in [1.29, 1.82) is 0 Å². The van der Waals surface area contributed by atoms with E-state index in [0.717, 1.165) is 0 Å². The Bertz CT molecular complexity index is 765. The summed E-state index contributed by atoms with van der Waals surface area (Å²) in [5.74, 6) is -32.3. The molecular weight excluding hydrogens is 526 g/mol. The number of alkyl halides is 13. The third kappa shape index (κ3) is 4.07. The van der Waals surface area contributed by atoms with E-state index in [2.05, 4.69) is 3.97 Å².